The molecule has 0 aliphatic carbocycles. The van der Waals surface area contributed by atoms with E-state index in [1.165, 1.54) is 0 Å². The first-order valence-electron chi connectivity index (χ1n) is 17.4. The van der Waals surface area contributed by atoms with Gasteiger partial charge in [-0.3, -0.25) is 0 Å². The quantitative estimate of drug-likeness (QED) is 0.150. The van der Waals surface area contributed by atoms with Crippen LogP contribution in [-0.2, 0) is 20.1 Å². The Morgan fingerprint density at radius 1 is 0.396 bits per heavy atom. The van der Waals surface area contributed by atoms with Crippen molar-refractivity contribution >= 4 is 10.8 Å². The van der Waals surface area contributed by atoms with Gasteiger partial charge in [0.1, 0.15) is 5.82 Å². The van der Waals surface area contributed by atoms with Gasteiger partial charge in [-0.1, -0.05) is 145 Å². The topological polar surface area (TPSA) is 38.7 Å². The van der Waals surface area contributed by atoms with E-state index >= 15 is 0 Å². The van der Waals surface area contributed by atoms with Crippen LogP contribution in [0, 0.1) is 6.07 Å². The van der Waals surface area contributed by atoms with Gasteiger partial charge < -0.3 is 4.98 Å². The molecule has 0 fully saturated rings. The zero-order valence-corrected chi connectivity index (χ0v) is 31.0. The van der Waals surface area contributed by atoms with Gasteiger partial charge in [-0.2, -0.15) is 0 Å². The van der Waals surface area contributed by atoms with E-state index < -0.39 is 0 Å². The molecule has 0 bridgehead atoms. The Morgan fingerprint density at radius 3 is 1.66 bits per heavy atom. The SMILES string of the molecule is [Ir].[c-]1ccc(-c2nc(-c3cc(-c4ccccc4)cc(-c4ccccc4)c3)cc(-c3ccccc3-c3ccccc3)n2)cc1-c1nccc2ccccc12. The monoisotopic (exact) mass is 855 g/mol. The molecule has 0 saturated heterocycles. The fraction of sp³-hybridized carbons (Fsp3) is 0. The number of rotatable bonds is 7. The molecule has 0 spiro atoms. The van der Waals surface area contributed by atoms with E-state index in [-0.39, 0.29) is 20.1 Å². The Labute approximate surface area is 323 Å². The molecular formula is C49H32IrN3-. The summed E-state index contributed by atoms with van der Waals surface area (Å²) in [5.74, 6) is 0.636. The van der Waals surface area contributed by atoms with E-state index in [9.17, 15) is 0 Å². The first-order chi connectivity index (χ1) is 25.8. The predicted octanol–water partition coefficient (Wildman–Crippen LogP) is 12.5. The first-order valence-corrected chi connectivity index (χ1v) is 17.4. The normalized spacial score (nSPS) is 10.9. The molecule has 1 radical (unpaired) electrons. The van der Waals surface area contributed by atoms with Crippen LogP contribution in [0.5, 0.6) is 0 Å². The van der Waals surface area contributed by atoms with Crippen molar-refractivity contribution in [2.24, 2.45) is 0 Å². The van der Waals surface area contributed by atoms with E-state index in [4.69, 9.17) is 15.0 Å². The van der Waals surface area contributed by atoms with E-state index in [1.807, 2.05) is 36.5 Å². The van der Waals surface area contributed by atoms with Crippen LogP contribution in [-0.4, -0.2) is 15.0 Å². The third-order valence-electron chi connectivity index (χ3n) is 9.45. The van der Waals surface area contributed by atoms with Crippen LogP contribution in [0.1, 0.15) is 0 Å². The van der Waals surface area contributed by atoms with E-state index in [1.54, 1.807) is 0 Å². The number of aromatic nitrogens is 3. The van der Waals surface area contributed by atoms with Crippen LogP contribution >= 0.6 is 0 Å². The number of benzene rings is 7. The van der Waals surface area contributed by atoms with Gasteiger partial charge in [-0.15, -0.1) is 29.8 Å². The molecular weight excluding hydrogens is 823 g/mol. The standard InChI is InChI=1S/C49H32N3.Ir/c1-4-15-34(16-5-1)40-30-41(35-17-6-2-7-18-35)32-42(31-40)46-33-47(45-26-13-12-24-43(45)36-19-8-3-9-20-36)52-49(51-46)39-23-14-22-38(29-39)48-44-25-11-10-21-37(44)27-28-50-48;/h1-21,23-33H;/q-1;. The summed E-state index contributed by atoms with van der Waals surface area (Å²) in [6.07, 6.45) is 1.86. The average molecular weight is 855 g/mol. The number of hydrogen-bond donors (Lipinski definition) is 0. The minimum absolute atomic E-state index is 0. The van der Waals surface area contributed by atoms with E-state index in [0.29, 0.717) is 5.82 Å². The van der Waals surface area contributed by atoms with Crippen molar-refractivity contribution in [3.8, 4) is 78.5 Å². The van der Waals surface area contributed by atoms with Gasteiger partial charge in [0.05, 0.1) is 11.4 Å². The molecule has 0 aliphatic rings. The summed E-state index contributed by atoms with van der Waals surface area (Å²) in [5.41, 5.74) is 13.2. The van der Waals surface area contributed by atoms with Crippen LogP contribution in [0.4, 0.5) is 0 Å². The zero-order chi connectivity index (χ0) is 34.7. The van der Waals surface area contributed by atoms with E-state index in [2.05, 4.69) is 164 Å². The van der Waals surface area contributed by atoms with E-state index in [0.717, 1.165) is 83.5 Å². The Morgan fingerprint density at radius 2 is 0.962 bits per heavy atom. The predicted molar refractivity (Wildman–Crippen MR) is 214 cm³/mol. The van der Waals surface area contributed by atoms with Gasteiger partial charge in [0.2, 0.25) is 0 Å². The van der Waals surface area contributed by atoms with Crippen LogP contribution in [0.2, 0.25) is 0 Å². The smallest absolute Gasteiger partial charge is 0.142 e. The average Bonchev–Trinajstić information content (AvgIpc) is 3.24. The molecule has 253 valence electrons. The molecule has 3 nitrogen and oxygen atoms in total. The molecule has 2 aromatic heterocycles. The van der Waals surface area contributed by atoms with Gasteiger partial charge in [-0.05, 0) is 80.2 Å². The molecule has 4 heteroatoms. The maximum Gasteiger partial charge on any atom is 0.142 e. The van der Waals surface area contributed by atoms with Crippen LogP contribution < -0.4 is 0 Å². The Hall–Kier alpha value is -6.32. The van der Waals surface area contributed by atoms with Crippen LogP contribution in [0.15, 0.2) is 194 Å². The van der Waals surface area contributed by atoms with Crippen molar-refractivity contribution in [3.05, 3.63) is 200 Å². The van der Waals surface area contributed by atoms with Gasteiger partial charge in [-0.25, -0.2) is 9.97 Å². The first kappa shape index (κ1) is 33.8. The zero-order valence-electron chi connectivity index (χ0n) is 28.7. The molecule has 9 aromatic rings. The maximum atomic E-state index is 5.32. The Balaban J connectivity index is 0.00000400. The molecule has 7 aromatic carbocycles. The summed E-state index contributed by atoms with van der Waals surface area (Å²) in [6, 6.07) is 68.8. The molecule has 0 aliphatic heterocycles. The Bertz CT molecular complexity index is 2610. The number of fused-ring (bicyclic) bond motifs is 1. The summed E-state index contributed by atoms with van der Waals surface area (Å²) in [4.78, 5) is 15.4. The van der Waals surface area contributed by atoms with Crippen molar-refractivity contribution in [3.63, 3.8) is 0 Å². The molecule has 53 heavy (non-hydrogen) atoms. The van der Waals surface area contributed by atoms with Crippen LogP contribution in [0.3, 0.4) is 0 Å². The van der Waals surface area contributed by atoms with Crippen molar-refractivity contribution in [2.45, 2.75) is 0 Å². The molecule has 0 saturated carbocycles. The number of pyridine rings is 1. The summed E-state index contributed by atoms with van der Waals surface area (Å²) < 4.78 is 0. The molecule has 2 heterocycles. The summed E-state index contributed by atoms with van der Waals surface area (Å²) in [6.45, 7) is 0. The summed E-state index contributed by atoms with van der Waals surface area (Å²) in [5, 5.41) is 2.22. The fourth-order valence-electron chi connectivity index (χ4n) is 6.88. The van der Waals surface area contributed by atoms with Crippen molar-refractivity contribution in [1.29, 1.82) is 0 Å². The molecule has 0 N–H and O–H groups in total. The minimum atomic E-state index is 0. The largest absolute Gasteiger partial charge is 0.304 e. The van der Waals surface area contributed by atoms with Gasteiger partial charge in [0, 0.05) is 37.4 Å². The second kappa shape index (κ2) is 15.1. The minimum Gasteiger partial charge on any atom is -0.304 e. The Kier molecular flexibility index (Phi) is 9.64. The van der Waals surface area contributed by atoms with Crippen molar-refractivity contribution < 1.29 is 20.1 Å². The summed E-state index contributed by atoms with van der Waals surface area (Å²) >= 11 is 0. The van der Waals surface area contributed by atoms with Crippen LogP contribution in [0.25, 0.3) is 89.3 Å². The number of nitrogens with zero attached hydrogens (tertiary/aromatic N) is 3. The molecule has 9 rings (SSSR count). The second-order valence-electron chi connectivity index (χ2n) is 12.8. The third-order valence-corrected chi connectivity index (χ3v) is 9.45. The summed E-state index contributed by atoms with van der Waals surface area (Å²) in [7, 11) is 0. The van der Waals surface area contributed by atoms with Crippen molar-refractivity contribution in [1.82, 2.24) is 15.0 Å². The fourth-order valence-corrected chi connectivity index (χ4v) is 6.88. The molecule has 0 atom stereocenters. The maximum absolute atomic E-state index is 5.32. The van der Waals surface area contributed by atoms with Gasteiger partial charge in [0.25, 0.3) is 0 Å². The van der Waals surface area contributed by atoms with Crippen molar-refractivity contribution in [2.75, 3.05) is 0 Å². The van der Waals surface area contributed by atoms with Gasteiger partial charge >= 0.3 is 0 Å². The molecule has 0 amide bonds. The molecule has 0 unspecified atom stereocenters. The van der Waals surface area contributed by atoms with Gasteiger partial charge in [0.15, 0.2) is 0 Å². The third kappa shape index (κ3) is 6.99. The number of hydrogen-bond acceptors (Lipinski definition) is 3. The second-order valence-corrected chi connectivity index (χ2v) is 12.8.